The van der Waals surface area contributed by atoms with E-state index in [2.05, 4.69) is 0 Å². The average molecular weight is 279 g/mol. The average Bonchev–Trinajstić information content (AvgIpc) is 2.19. The summed E-state index contributed by atoms with van der Waals surface area (Å²) in [6.45, 7) is 0.555. The first kappa shape index (κ1) is 16.6. The summed E-state index contributed by atoms with van der Waals surface area (Å²) in [6, 6.07) is 0. The molecule has 0 atom stereocenters. The highest BCUT2D eigenvalue weighted by atomic mass is 32.2. The minimum Gasteiger partial charge on any atom is -0.478 e. The van der Waals surface area contributed by atoms with Crippen molar-refractivity contribution >= 4 is 21.8 Å². The first-order chi connectivity index (χ1) is 8.11. The van der Waals surface area contributed by atoms with Crippen LogP contribution in [-0.2, 0) is 19.4 Å². The van der Waals surface area contributed by atoms with E-state index < -0.39 is 21.8 Å². The van der Waals surface area contributed by atoms with Crippen LogP contribution in [-0.4, -0.2) is 67.6 Å². The highest BCUT2D eigenvalue weighted by Crippen LogP contribution is 2.03. The maximum atomic E-state index is 10.9. The molecule has 0 aromatic heterocycles. The number of carbonyl (C=O) groups is 2. The van der Waals surface area contributed by atoms with Crippen LogP contribution in [0.2, 0.25) is 0 Å². The maximum absolute atomic E-state index is 10.9. The van der Waals surface area contributed by atoms with E-state index in [-0.39, 0.29) is 30.8 Å². The predicted octanol–water partition coefficient (Wildman–Crippen LogP) is -0.551. The lowest BCUT2D eigenvalue weighted by atomic mass is 10.1. The number of aliphatic carboxylic acids is 2. The van der Waals surface area contributed by atoms with Crippen LogP contribution in [0, 0.1) is 0 Å². The van der Waals surface area contributed by atoms with Crippen molar-refractivity contribution in [3.05, 3.63) is 11.6 Å². The van der Waals surface area contributed by atoms with Gasteiger partial charge in [-0.2, -0.15) is 0 Å². The van der Waals surface area contributed by atoms with Crippen LogP contribution in [0.25, 0.3) is 0 Å². The molecular weight excluding hydrogens is 262 g/mol. The molecule has 0 saturated heterocycles. The Kier molecular flexibility index (Phi) is 6.56. The number of hydrogen-bond acceptors (Lipinski definition) is 5. The third-order valence-corrected chi connectivity index (χ3v) is 3.10. The Bertz CT molecular complexity index is 439. The number of carboxylic acid groups (broad SMARTS) is 2. The monoisotopic (exact) mass is 279 g/mol. The zero-order valence-electron chi connectivity index (χ0n) is 10.3. The summed E-state index contributed by atoms with van der Waals surface area (Å²) in [5.41, 5.74) is -0.214. The lowest BCUT2D eigenvalue weighted by molar-refractivity contribution is -0.135. The summed E-state index contributed by atoms with van der Waals surface area (Å²) < 4.78 is 21.8. The highest BCUT2D eigenvalue weighted by molar-refractivity contribution is 7.90. The number of sulfone groups is 1. The van der Waals surface area contributed by atoms with Gasteiger partial charge in [-0.05, 0) is 13.5 Å². The minimum absolute atomic E-state index is 0.0193. The molecule has 7 nitrogen and oxygen atoms in total. The molecule has 0 heterocycles. The van der Waals surface area contributed by atoms with Crippen LogP contribution in [0.4, 0.5) is 0 Å². The van der Waals surface area contributed by atoms with E-state index in [1.165, 1.54) is 0 Å². The summed E-state index contributed by atoms with van der Waals surface area (Å²) in [6.07, 6.45) is 1.81. The van der Waals surface area contributed by atoms with Crippen LogP contribution in [0.5, 0.6) is 0 Å². The third kappa shape index (κ3) is 8.71. The number of hydrogen-bond donors (Lipinski definition) is 2. The molecule has 0 radical (unpaired) electrons. The van der Waals surface area contributed by atoms with Crippen LogP contribution in [0.15, 0.2) is 11.6 Å². The Morgan fingerprint density at radius 2 is 1.78 bits per heavy atom. The van der Waals surface area contributed by atoms with Crippen molar-refractivity contribution in [2.75, 3.05) is 32.1 Å². The zero-order valence-corrected chi connectivity index (χ0v) is 11.1. The molecule has 0 spiro atoms. The van der Waals surface area contributed by atoms with E-state index in [9.17, 15) is 18.0 Å². The summed E-state index contributed by atoms with van der Waals surface area (Å²) in [7, 11) is -1.42. The van der Waals surface area contributed by atoms with Crippen molar-refractivity contribution in [1.82, 2.24) is 4.90 Å². The molecule has 2 N–H and O–H groups in total. The zero-order chi connectivity index (χ0) is 14.3. The van der Waals surface area contributed by atoms with E-state index in [0.717, 1.165) is 6.26 Å². The molecule has 0 unspecified atom stereocenters. The smallest absolute Gasteiger partial charge is 0.331 e. The van der Waals surface area contributed by atoms with Crippen LogP contribution >= 0.6 is 0 Å². The Morgan fingerprint density at radius 1 is 1.22 bits per heavy atom. The predicted molar refractivity (Wildman–Crippen MR) is 65.2 cm³/mol. The molecule has 0 aromatic rings. The molecule has 0 aliphatic rings. The standard InChI is InChI=1S/C10H17NO6S/c1-11(5-6-18(2,16)17)4-3-8(10(14)15)7-9(12)13/h7H,3-6H2,1-2H3,(H,12,13)(H,14,15). The molecule has 0 aliphatic carbocycles. The Labute approximate surface area is 106 Å². The van der Waals surface area contributed by atoms with Crippen LogP contribution in [0.1, 0.15) is 6.42 Å². The van der Waals surface area contributed by atoms with Gasteiger partial charge < -0.3 is 15.1 Å². The Hall–Kier alpha value is -1.41. The van der Waals surface area contributed by atoms with Gasteiger partial charge in [-0.3, -0.25) is 0 Å². The van der Waals surface area contributed by atoms with Crippen molar-refractivity contribution in [2.24, 2.45) is 0 Å². The molecule has 0 bridgehead atoms. The van der Waals surface area contributed by atoms with Crippen molar-refractivity contribution in [2.45, 2.75) is 6.42 Å². The van der Waals surface area contributed by atoms with Gasteiger partial charge in [0, 0.05) is 31.0 Å². The van der Waals surface area contributed by atoms with Gasteiger partial charge in [-0.1, -0.05) is 0 Å². The molecule has 0 fully saturated rings. The second-order valence-corrected chi connectivity index (χ2v) is 6.26. The summed E-state index contributed by atoms with van der Waals surface area (Å²) in [5, 5.41) is 17.2. The Morgan fingerprint density at radius 3 is 2.17 bits per heavy atom. The molecule has 0 aromatic carbocycles. The van der Waals surface area contributed by atoms with Gasteiger partial charge in [-0.15, -0.1) is 0 Å². The van der Waals surface area contributed by atoms with Gasteiger partial charge in [-0.25, -0.2) is 18.0 Å². The SMILES string of the molecule is CN(CCC(=CC(=O)O)C(=O)O)CCS(C)(=O)=O. The lowest BCUT2D eigenvalue weighted by Crippen LogP contribution is -2.27. The first-order valence-corrected chi connectivity index (χ1v) is 7.21. The van der Waals surface area contributed by atoms with E-state index in [1.807, 2.05) is 0 Å². The van der Waals surface area contributed by atoms with Gasteiger partial charge in [0.15, 0.2) is 0 Å². The van der Waals surface area contributed by atoms with Gasteiger partial charge in [0.1, 0.15) is 9.84 Å². The van der Waals surface area contributed by atoms with Crippen LogP contribution < -0.4 is 0 Å². The Balaban J connectivity index is 4.29. The maximum Gasteiger partial charge on any atom is 0.331 e. The van der Waals surface area contributed by atoms with E-state index in [4.69, 9.17) is 10.2 Å². The first-order valence-electron chi connectivity index (χ1n) is 5.15. The number of carboxylic acids is 2. The van der Waals surface area contributed by atoms with E-state index in [0.29, 0.717) is 6.08 Å². The van der Waals surface area contributed by atoms with Crippen molar-refractivity contribution in [3.63, 3.8) is 0 Å². The molecule has 0 saturated carbocycles. The molecule has 0 amide bonds. The minimum atomic E-state index is -3.06. The number of nitrogens with zero attached hydrogens (tertiary/aromatic N) is 1. The van der Waals surface area contributed by atoms with Crippen LogP contribution in [0.3, 0.4) is 0 Å². The third-order valence-electron chi connectivity index (χ3n) is 2.18. The van der Waals surface area contributed by atoms with E-state index >= 15 is 0 Å². The molecule has 0 rings (SSSR count). The molecule has 0 aliphatic heterocycles. The second kappa shape index (κ2) is 7.12. The van der Waals surface area contributed by atoms with Gasteiger partial charge in [0.25, 0.3) is 0 Å². The topological polar surface area (TPSA) is 112 Å². The summed E-state index contributed by atoms with van der Waals surface area (Å²) in [5.74, 6) is -2.62. The van der Waals surface area contributed by atoms with Gasteiger partial charge in [0.05, 0.1) is 5.75 Å². The van der Waals surface area contributed by atoms with Gasteiger partial charge >= 0.3 is 11.9 Å². The second-order valence-electron chi connectivity index (χ2n) is 4.00. The largest absolute Gasteiger partial charge is 0.478 e. The lowest BCUT2D eigenvalue weighted by Gasteiger charge is -2.15. The van der Waals surface area contributed by atoms with Crippen molar-refractivity contribution < 1.29 is 28.2 Å². The molecule has 104 valence electrons. The normalized spacial score (nSPS) is 12.7. The molecule has 18 heavy (non-hydrogen) atoms. The van der Waals surface area contributed by atoms with Crippen molar-refractivity contribution in [3.8, 4) is 0 Å². The highest BCUT2D eigenvalue weighted by Gasteiger charge is 2.11. The fraction of sp³-hybridized carbons (Fsp3) is 0.600. The summed E-state index contributed by atoms with van der Waals surface area (Å²) in [4.78, 5) is 22.7. The fourth-order valence-electron chi connectivity index (χ4n) is 1.13. The van der Waals surface area contributed by atoms with Gasteiger partial charge in [0.2, 0.25) is 0 Å². The quantitative estimate of drug-likeness (QED) is 0.573. The van der Waals surface area contributed by atoms with Crippen molar-refractivity contribution in [1.29, 1.82) is 0 Å². The fourth-order valence-corrected chi connectivity index (χ4v) is 1.78. The molecular formula is C10H17NO6S. The molecule has 8 heteroatoms. The summed E-state index contributed by atoms with van der Waals surface area (Å²) >= 11 is 0. The number of rotatable bonds is 8. The van der Waals surface area contributed by atoms with E-state index in [1.54, 1.807) is 11.9 Å².